The number of nitrogens with zero attached hydrogens (tertiary/aromatic N) is 4. The average molecular weight is 381 g/mol. The van der Waals surface area contributed by atoms with E-state index in [0.717, 1.165) is 18.9 Å². The summed E-state index contributed by atoms with van der Waals surface area (Å²) in [5, 5.41) is 0. The van der Waals surface area contributed by atoms with Gasteiger partial charge in [0.1, 0.15) is 5.82 Å². The van der Waals surface area contributed by atoms with Crippen molar-refractivity contribution in [1.82, 2.24) is 14.2 Å². The van der Waals surface area contributed by atoms with Crippen molar-refractivity contribution in [1.29, 1.82) is 0 Å². The monoisotopic (exact) mass is 380 g/mol. The van der Waals surface area contributed by atoms with Crippen LogP contribution in [0.25, 0.3) is 0 Å². The van der Waals surface area contributed by atoms with E-state index in [4.69, 9.17) is 0 Å². The number of hydrogen-bond donors (Lipinski definition) is 0. The van der Waals surface area contributed by atoms with Crippen LogP contribution in [0.15, 0.2) is 24.4 Å². The van der Waals surface area contributed by atoms with E-state index in [0.29, 0.717) is 45.4 Å². The van der Waals surface area contributed by atoms with Crippen molar-refractivity contribution in [2.24, 2.45) is 5.92 Å². The molecule has 2 aliphatic heterocycles. The molecule has 1 amide bonds. The molecule has 144 valence electrons. The predicted octanol–water partition coefficient (Wildman–Crippen LogP) is 1.18. The Balaban J connectivity index is 1.49. The highest BCUT2D eigenvalue weighted by molar-refractivity contribution is 7.89. The third-order valence-electron chi connectivity index (χ3n) is 5.22. The Morgan fingerprint density at radius 1 is 1.12 bits per heavy atom. The van der Waals surface area contributed by atoms with Crippen LogP contribution in [0.1, 0.15) is 26.2 Å². The molecule has 3 heterocycles. The van der Waals surface area contributed by atoms with Crippen LogP contribution in [-0.4, -0.2) is 73.5 Å². The summed E-state index contributed by atoms with van der Waals surface area (Å²) in [5.74, 6) is 1.28. The highest BCUT2D eigenvalue weighted by atomic mass is 32.2. The molecular formula is C18H28N4O3S. The van der Waals surface area contributed by atoms with Crippen LogP contribution >= 0.6 is 0 Å². The fraction of sp³-hybridized carbons (Fsp3) is 0.667. The van der Waals surface area contributed by atoms with Crippen LogP contribution in [0, 0.1) is 5.92 Å². The minimum atomic E-state index is -3.15. The summed E-state index contributed by atoms with van der Waals surface area (Å²) in [5.41, 5.74) is 0. The van der Waals surface area contributed by atoms with Gasteiger partial charge in [0.05, 0.1) is 5.75 Å². The molecule has 0 radical (unpaired) electrons. The van der Waals surface area contributed by atoms with Crippen LogP contribution in [0.2, 0.25) is 0 Å². The number of anilines is 1. The molecular weight excluding hydrogens is 352 g/mol. The van der Waals surface area contributed by atoms with Crippen LogP contribution in [-0.2, 0) is 14.8 Å². The maximum atomic E-state index is 12.8. The number of carbonyl (C=O) groups is 1. The minimum Gasteiger partial charge on any atom is -0.353 e. The maximum Gasteiger partial charge on any atom is 0.225 e. The van der Waals surface area contributed by atoms with Gasteiger partial charge in [0.15, 0.2) is 0 Å². The van der Waals surface area contributed by atoms with Gasteiger partial charge in [-0.05, 0) is 31.4 Å². The Bertz CT molecular complexity index is 694. The molecule has 1 aromatic heterocycles. The summed E-state index contributed by atoms with van der Waals surface area (Å²) < 4.78 is 25.9. The predicted molar refractivity (Wildman–Crippen MR) is 101 cm³/mol. The first-order valence-corrected chi connectivity index (χ1v) is 11.0. The average Bonchev–Trinajstić information content (AvgIpc) is 2.68. The second-order valence-corrected chi connectivity index (χ2v) is 9.08. The van der Waals surface area contributed by atoms with Gasteiger partial charge in [-0.15, -0.1) is 0 Å². The summed E-state index contributed by atoms with van der Waals surface area (Å²) >= 11 is 0. The lowest BCUT2D eigenvalue weighted by molar-refractivity contribution is -0.137. The molecule has 8 heteroatoms. The number of piperidine rings is 1. The Labute approximate surface area is 156 Å². The van der Waals surface area contributed by atoms with Crippen molar-refractivity contribution in [2.45, 2.75) is 26.2 Å². The normalized spacial score (nSPS) is 20.3. The van der Waals surface area contributed by atoms with Gasteiger partial charge in [0, 0.05) is 51.4 Å². The number of aromatic nitrogens is 1. The number of amides is 1. The molecule has 1 aromatic rings. The summed E-state index contributed by atoms with van der Waals surface area (Å²) in [6.45, 7) is 5.77. The third kappa shape index (κ3) is 4.35. The zero-order valence-electron chi connectivity index (χ0n) is 15.4. The maximum absolute atomic E-state index is 12.8. The fourth-order valence-corrected chi connectivity index (χ4v) is 5.26. The van der Waals surface area contributed by atoms with Gasteiger partial charge in [-0.2, -0.15) is 0 Å². The van der Waals surface area contributed by atoms with Gasteiger partial charge in [0.2, 0.25) is 15.9 Å². The lowest BCUT2D eigenvalue weighted by Gasteiger charge is -2.38. The molecule has 0 unspecified atom stereocenters. The highest BCUT2D eigenvalue weighted by Gasteiger charge is 2.33. The topological polar surface area (TPSA) is 73.8 Å². The van der Waals surface area contributed by atoms with Crippen molar-refractivity contribution in [2.75, 3.05) is 49.9 Å². The van der Waals surface area contributed by atoms with Crippen molar-refractivity contribution in [3.05, 3.63) is 24.4 Å². The number of pyridine rings is 1. The van der Waals surface area contributed by atoms with E-state index >= 15 is 0 Å². The number of carbonyl (C=O) groups excluding carboxylic acids is 1. The van der Waals surface area contributed by atoms with E-state index in [2.05, 4.69) is 9.88 Å². The van der Waals surface area contributed by atoms with Gasteiger partial charge in [-0.1, -0.05) is 13.0 Å². The van der Waals surface area contributed by atoms with E-state index in [1.165, 1.54) is 0 Å². The van der Waals surface area contributed by atoms with Crippen molar-refractivity contribution < 1.29 is 13.2 Å². The molecule has 0 aliphatic carbocycles. The molecule has 2 saturated heterocycles. The second kappa shape index (κ2) is 8.35. The van der Waals surface area contributed by atoms with Gasteiger partial charge < -0.3 is 9.80 Å². The molecule has 2 aliphatic rings. The van der Waals surface area contributed by atoms with E-state index in [-0.39, 0.29) is 17.6 Å². The van der Waals surface area contributed by atoms with Crippen molar-refractivity contribution >= 4 is 21.7 Å². The summed E-state index contributed by atoms with van der Waals surface area (Å²) in [6, 6.07) is 5.86. The van der Waals surface area contributed by atoms with Crippen LogP contribution < -0.4 is 4.90 Å². The number of hydrogen-bond acceptors (Lipinski definition) is 5. The molecule has 3 rings (SSSR count). The fourth-order valence-electron chi connectivity index (χ4n) is 3.72. The molecule has 7 nitrogen and oxygen atoms in total. The van der Waals surface area contributed by atoms with E-state index in [1.54, 1.807) is 10.5 Å². The molecule has 0 atom stereocenters. The zero-order chi connectivity index (χ0) is 18.6. The lowest BCUT2D eigenvalue weighted by atomic mass is 9.96. The van der Waals surface area contributed by atoms with Gasteiger partial charge >= 0.3 is 0 Å². The molecule has 0 spiro atoms. The number of sulfonamides is 1. The summed E-state index contributed by atoms with van der Waals surface area (Å²) in [4.78, 5) is 21.3. The summed E-state index contributed by atoms with van der Waals surface area (Å²) in [7, 11) is -3.15. The van der Waals surface area contributed by atoms with E-state index in [1.807, 2.05) is 30.0 Å². The Morgan fingerprint density at radius 3 is 2.38 bits per heavy atom. The minimum absolute atomic E-state index is 0.0514. The molecule has 26 heavy (non-hydrogen) atoms. The van der Waals surface area contributed by atoms with Crippen LogP contribution in [0.4, 0.5) is 5.82 Å². The van der Waals surface area contributed by atoms with E-state index < -0.39 is 10.0 Å². The third-order valence-corrected chi connectivity index (χ3v) is 7.30. The first-order valence-electron chi connectivity index (χ1n) is 9.44. The first-order chi connectivity index (χ1) is 12.5. The lowest BCUT2D eigenvalue weighted by Crippen LogP contribution is -2.52. The quantitative estimate of drug-likeness (QED) is 0.767. The number of piperazine rings is 1. The molecule has 0 N–H and O–H groups in total. The SMILES string of the molecule is CCCS(=O)(=O)N1CCC(C(=O)N2CCN(c3ccccn3)CC2)CC1. The number of rotatable bonds is 5. The Hall–Kier alpha value is -1.67. The van der Waals surface area contributed by atoms with E-state index in [9.17, 15) is 13.2 Å². The van der Waals surface area contributed by atoms with Crippen LogP contribution in [0.5, 0.6) is 0 Å². The summed E-state index contributed by atoms with van der Waals surface area (Å²) in [6.07, 6.45) is 3.67. The largest absolute Gasteiger partial charge is 0.353 e. The molecule has 0 aromatic carbocycles. The van der Waals surface area contributed by atoms with Gasteiger partial charge in [-0.3, -0.25) is 4.79 Å². The standard InChI is InChI=1S/C18H28N4O3S/c1-2-15-26(24,25)22-9-6-16(7-10-22)18(23)21-13-11-20(12-14-21)17-5-3-4-8-19-17/h3-5,8,16H,2,6-7,9-15H2,1H3. The zero-order valence-corrected chi connectivity index (χ0v) is 16.2. The van der Waals surface area contributed by atoms with Crippen molar-refractivity contribution in [3.63, 3.8) is 0 Å². The highest BCUT2D eigenvalue weighted by Crippen LogP contribution is 2.23. The molecule has 0 bridgehead atoms. The van der Waals surface area contributed by atoms with Gasteiger partial charge in [0.25, 0.3) is 0 Å². The molecule has 0 saturated carbocycles. The first kappa shape index (κ1) is 19.1. The van der Waals surface area contributed by atoms with Crippen molar-refractivity contribution in [3.8, 4) is 0 Å². The van der Waals surface area contributed by atoms with Gasteiger partial charge in [-0.25, -0.2) is 17.7 Å². The smallest absolute Gasteiger partial charge is 0.225 e. The second-order valence-electron chi connectivity index (χ2n) is 6.99. The van der Waals surface area contributed by atoms with Crippen LogP contribution in [0.3, 0.4) is 0 Å². The Morgan fingerprint density at radius 2 is 1.81 bits per heavy atom. The molecule has 2 fully saturated rings. The Kier molecular flexibility index (Phi) is 6.13.